The highest BCUT2D eigenvalue weighted by Gasteiger charge is 2.59. The van der Waals surface area contributed by atoms with Crippen molar-refractivity contribution in [1.29, 1.82) is 0 Å². The van der Waals surface area contributed by atoms with Gasteiger partial charge in [-0.05, 0) is 111 Å². The molecule has 0 N–H and O–H groups in total. The first-order chi connectivity index (χ1) is 12.0. The topological polar surface area (TPSA) is 0 Å². The van der Waals surface area contributed by atoms with Crippen LogP contribution in [-0.4, -0.2) is 0 Å². The van der Waals surface area contributed by atoms with Crippen molar-refractivity contribution in [3.63, 3.8) is 0 Å². The normalized spacial score (nSPS) is 50.4. The van der Waals surface area contributed by atoms with Gasteiger partial charge in [-0.3, -0.25) is 0 Å². The van der Waals surface area contributed by atoms with E-state index >= 15 is 0 Å². The van der Waals surface area contributed by atoms with Gasteiger partial charge in [-0.2, -0.15) is 0 Å². The zero-order valence-corrected chi connectivity index (χ0v) is 17.2. The molecule has 4 aliphatic carbocycles. The lowest BCUT2D eigenvalue weighted by atomic mass is 9.44. The summed E-state index contributed by atoms with van der Waals surface area (Å²) in [5.74, 6) is 6.11. The Kier molecular flexibility index (Phi) is 4.87. The van der Waals surface area contributed by atoms with Crippen molar-refractivity contribution in [2.45, 2.75) is 97.8 Å². The van der Waals surface area contributed by atoms with Crippen molar-refractivity contribution < 1.29 is 0 Å². The summed E-state index contributed by atoms with van der Waals surface area (Å²) in [7, 11) is 0. The molecule has 8 atom stereocenters. The number of fused-ring (bicyclic) bond motifs is 5. The Balaban J connectivity index is 1.54. The second-order valence-electron chi connectivity index (χ2n) is 11.0. The van der Waals surface area contributed by atoms with Gasteiger partial charge in [0.1, 0.15) is 0 Å². The van der Waals surface area contributed by atoms with Gasteiger partial charge in [0.2, 0.25) is 0 Å². The van der Waals surface area contributed by atoms with E-state index in [0.717, 1.165) is 35.5 Å². The summed E-state index contributed by atoms with van der Waals surface area (Å²) >= 11 is 0. The second kappa shape index (κ2) is 6.72. The number of rotatable bonds is 4. The van der Waals surface area contributed by atoms with E-state index in [2.05, 4.69) is 33.4 Å². The highest BCUT2D eigenvalue weighted by molar-refractivity contribution is 5.09. The molecule has 0 aromatic heterocycles. The molecule has 0 radical (unpaired) electrons. The Morgan fingerprint density at radius 3 is 2.52 bits per heavy atom. The van der Waals surface area contributed by atoms with Crippen LogP contribution in [-0.2, 0) is 0 Å². The molecule has 1 unspecified atom stereocenters. The van der Waals surface area contributed by atoms with Crippen LogP contribution in [0.25, 0.3) is 0 Å². The largest absolute Gasteiger partial charge is 0.103 e. The first-order valence-corrected chi connectivity index (χ1v) is 11.6. The lowest BCUT2D eigenvalue weighted by Gasteiger charge is -2.61. The first-order valence-electron chi connectivity index (χ1n) is 11.6. The van der Waals surface area contributed by atoms with Crippen molar-refractivity contribution in [3.8, 4) is 0 Å². The Morgan fingerprint density at radius 2 is 1.72 bits per heavy atom. The maximum atomic E-state index is 3.96. The Morgan fingerprint density at radius 1 is 0.920 bits per heavy atom. The molecule has 4 rings (SSSR count). The van der Waals surface area contributed by atoms with Crippen LogP contribution < -0.4 is 0 Å². The average Bonchev–Trinajstić information content (AvgIpc) is 2.96. The minimum absolute atomic E-state index is 0.652. The van der Waals surface area contributed by atoms with Crippen LogP contribution >= 0.6 is 0 Å². The van der Waals surface area contributed by atoms with Crippen LogP contribution in [0.1, 0.15) is 97.8 Å². The summed E-state index contributed by atoms with van der Waals surface area (Å²) in [6.07, 6.45) is 20.1. The van der Waals surface area contributed by atoms with Crippen LogP contribution in [0.5, 0.6) is 0 Å². The van der Waals surface area contributed by atoms with Crippen molar-refractivity contribution in [2.75, 3.05) is 0 Å². The average molecular weight is 343 g/mol. The van der Waals surface area contributed by atoms with Crippen molar-refractivity contribution in [2.24, 2.45) is 46.3 Å². The Hall–Kier alpha value is -0.260. The minimum Gasteiger partial charge on any atom is -0.103 e. The maximum absolute atomic E-state index is 3.96. The molecular weight excluding hydrogens is 300 g/mol. The van der Waals surface area contributed by atoms with Gasteiger partial charge >= 0.3 is 0 Å². The molecule has 0 heteroatoms. The van der Waals surface area contributed by atoms with E-state index in [0.29, 0.717) is 10.8 Å². The molecule has 0 aromatic rings. The Labute approximate surface area is 157 Å². The molecule has 4 aliphatic rings. The van der Waals surface area contributed by atoms with Crippen LogP contribution in [0.3, 0.4) is 0 Å². The molecular formula is C25H42. The number of hydrogen-bond donors (Lipinski definition) is 0. The van der Waals surface area contributed by atoms with Gasteiger partial charge in [-0.25, -0.2) is 0 Å². The van der Waals surface area contributed by atoms with E-state index in [4.69, 9.17) is 0 Å². The third kappa shape index (κ3) is 2.76. The first kappa shape index (κ1) is 18.1. The second-order valence-corrected chi connectivity index (χ2v) is 11.0. The van der Waals surface area contributed by atoms with Crippen LogP contribution in [0.2, 0.25) is 0 Å². The fraction of sp³-hybridized carbons (Fsp3) is 0.920. The zero-order chi connectivity index (χ0) is 17.7. The van der Waals surface area contributed by atoms with Crippen LogP contribution in [0.4, 0.5) is 0 Å². The smallest absolute Gasteiger partial charge is 0.0264 e. The molecule has 25 heavy (non-hydrogen) atoms. The minimum atomic E-state index is 0.652. The van der Waals surface area contributed by atoms with Gasteiger partial charge in [0.15, 0.2) is 0 Å². The summed E-state index contributed by atoms with van der Waals surface area (Å²) in [5, 5.41) is 0. The molecule has 4 saturated carbocycles. The quantitative estimate of drug-likeness (QED) is 0.460. The summed E-state index contributed by atoms with van der Waals surface area (Å²) in [5.41, 5.74) is 1.36. The molecule has 142 valence electrons. The van der Waals surface area contributed by atoms with Crippen LogP contribution in [0, 0.1) is 46.3 Å². The lowest BCUT2D eigenvalue weighted by Crippen LogP contribution is -2.53. The lowest BCUT2D eigenvalue weighted by molar-refractivity contribution is -0.114. The molecule has 0 aliphatic heterocycles. The maximum Gasteiger partial charge on any atom is -0.0264 e. The Bertz CT molecular complexity index is 492. The molecule has 0 nitrogen and oxygen atoms in total. The summed E-state index contributed by atoms with van der Waals surface area (Å²) in [6.45, 7) is 11.9. The molecule has 0 saturated heterocycles. The van der Waals surface area contributed by atoms with Crippen molar-refractivity contribution in [3.05, 3.63) is 12.7 Å². The highest BCUT2D eigenvalue weighted by Crippen LogP contribution is 2.68. The van der Waals surface area contributed by atoms with E-state index in [-0.39, 0.29) is 0 Å². The van der Waals surface area contributed by atoms with E-state index in [1.54, 1.807) is 38.5 Å². The third-order valence-corrected chi connectivity index (χ3v) is 10.2. The molecule has 0 spiro atoms. The summed E-state index contributed by atoms with van der Waals surface area (Å²) < 4.78 is 0. The summed E-state index contributed by atoms with van der Waals surface area (Å²) in [6, 6.07) is 0. The standard InChI is InChI=1S/C25H42/c1-5-6-9-18(2)21-13-14-22-20-12-11-19-10-7-8-16-24(19,3)23(20)15-17-25(21,22)4/h5,18-23H,1,6-17H2,2-4H3/t18-,19?,20+,21-,22+,23+,24+,25-/m1/s1. The van der Waals surface area contributed by atoms with E-state index in [9.17, 15) is 0 Å². The van der Waals surface area contributed by atoms with E-state index < -0.39 is 0 Å². The molecule has 4 fully saturated rings. The zero-order valence-electron chi connectivity index (χ0n) is 17.2. The van der Waals surface area contributed by atoms with E-state index in [1.807, 2.05) is 0 Å². The fourth-order valence-electron chi connectivity index (χ4n) is 8.85. The predicted molar refractivity (Wildman–Crippen MR) is 108 cm³/mol. The molecule has 0 amide bonds. The van der Waals surface area contributed by atoms with Gasteiger partial charge in [-0.15, -0.1) is 6.58 Å². The van der Waals surface area contributed by atoms with Crippen LogP contribution in [0.15, 0.2) is 12.7 Å². The fourth-order valence-corrected chi connectivity index (χ4v) is 8.85. The third-order valence-electron chi connectivity index (χ3n) is 10.2. The van der Waals surface area contributed by atoms with E-state index in [1.165, 1.54) is 38.5 Å². The van der Waals surface area contributed by atoms with Gasteiger partial charge in [-0.1, -0.05) is 39.7 Å². The van der Waals surface area contributed by atoms with Crippen molar-refractivity contribution in [1.82, 2.24) is 0 Å². The highest BCUT2D eigenvalue weighted by atomic mass is 14.6. The van der Waals surface area contributed by atoms with Gasteiger partial charge < -0.3 is 0 Å². The summed E-state index contributed by atoms with van der Waals surface area (Å²) in [4.78, 5) is 0. The van der Waals surface area contributed by atoms with Crippen molar-refractivity contribution >= 4 is 0 Å². The monoisotopic (exact) mass is 342 g/mol. The predicted octanol–water partition coefficient (Wildman–Crippen LogP) is 7.64. The van der Waals surface area contributed by atoms with Gasteiger partial charge in [0, 0.05) is 0 Å². The molecule has 0 aromatic carbocycles. The molecule has 0 bridgehead atoms. The van der Waals surface area contributed by atoms with Gasteiger partial charge in [0.05, 0.1) is 0 Å². The molecule has 0 heterocycles. The van der Waals surface area contributed by atoms with Gasteiger partial charge in [0.25, 0.3) is 0 Å². The SMILES string of the molecule is C=CCC[C@@H](C)[C@H]1CC[C@H]2[C@@H]3CCC4CCCC[C@]4(C)[C@H]3CC[C@]12C. The number of allylic oxidation sites excluding steroid dienone is 1. The number of hydrogen-bond acceptors (Lipinski definition) is 0.